The van der Waals surface area contributed by atoms with Gasteiger partial charge in [0.15, 0.2) is 0 Å². The molecule has 0 aliphatic heterocycles. The van der Waals surface area contributed by atoms with E-state index < -0.39 is 17.6 Å². The molecule has 0 heterocycles. The molecule has 3 aromatic rings. The topological polar surface area (TPSA) is 38.0 Å². The second kappa shape index (κ2) is 12.7. The molecule has 1 aliphatic rings. The number of hydrogen-bond donors (Lipinski definition) is 2. The highest BCUT2D eigenvalue weighted by Crippen LogP contribution is 2.39. The van der Waals surface area contributed by atoms with Gasteiger partial charge in [-0.3, -0.25) is 0 Å². The Labute approximate surface area is 213 Å². The first-order chi connectivity index (χ1) is 16.7. The van der Waals surface area contributed by atoms with Crippen molar-refractivity contribution >= 4 is 23.2 Å². The fraction of sp³-hybridized carbons (Fsp3) is 0.333. The first-order valence-corrected chi connectivity index (χ1v) is 12.2. The van der Waals surface area contributed by atoms with Crippen LogP contribution >= 0.6 is 23.2 Å². The number of rotatable bonds is 8. The van der Waals surface area contributed by atoms with Gasteiger partial charge in [0, 0.05) is 6.54 Å². The highest BCUT2D eigenvalue weighted by atomic mass is 35.5. The van der Waals surface area contributed by atoms with E-state index in [1.54, 1.807) is 6.07 Å². The van der Waals surface area contributed by atoms with E-state index in [9.17, 15) is 17.6 Å². The molecule has 0 amide bonds. The fourth-order valence-electron chi connectivity index (χ4n) is 3.60. The Kier molecular flexibility index (Phi) is 9.99. The number of nitrogens with two attached hydrogens (primary N) is 1. The molecule has 0 spiro atoms. The van der Waals surface area contributed by atoms with Gasteiger partial charge >= 0.3 is 6.18 Å². The third-order valence-electron chi connectivity index (χ3n) is 5.70. The van der Waals surface area contributed by atoms with Gasteiger partial charge in [-0.2, -0.15) is 13.2 Å². The lowest BCUT2D eigenvalue weighted by molar-refractivity contribution is -0.140. The normalized spacial score (nSPS) is 13.3. The van der Waals surface area contributed by atoms with Crippen LogP contribution in [0.1, 0.15) is 46.6 Å². The maximum atomic E-state index is 13.2. The first-order valence-electron chi connectivity index (χ1n) is 11.5. The van der Waals surface area contributed by atoms with Crippen LogP contribution in [0.2, 0.25) is 10.0 Å². The lowest BCUT2D eigenvalue weighted by Gasteiger charge is -2.10. The number of nitrogens with one attached hydrogen (secondary N) is 1. The number of halogens is 6. The van der Waals surface area contributed by atoms with Gasteiger partial charge in [-0.1, -0.05) is 59.6 Å². The van der Waals surface area contributed by atoms with E-state index in [-0.39, 0.29) is 0 Å². The van der Waals surface area contributed by atoms with E-state index in [1.165, 1.54) is 24.5 Å². The predicted octanol–water partition coefficient (Wildman–Crippen LogP) is 7.55. The summed E-state index contributed by atoms with van der Waals surface area (Å²) in [5.41, 5.74) is 8.30. The minimum Gasteiger partial charge on any atom is -0.330 e. The molecule has 0 bridgehead atoms. The summed E-state index contributed by atoms with van der Waals surface area (Å²) in [6.45, 7) is 1.84. The quantitative estimate of drug-likeness (QED) is 0.235. The maximum absolute atomic E-state index is 13.2. The Hall–Kier alpha value is -2.12. The highest BCUT2D eigenvalue weighted by molar-refractivity contribution is 6.42. The van der Waals surface area contributed by atoms with E-state index in [0.29, 0.717) is 41.7 Å². The Morgan fingerprint density at radius 1 is 0.829 bits per heavy atom. The van der Waals surface area contributed by atoms with Crippen molar-refractivity contribution in [2.24, 2.45) is 5.73 Å². The number of alkyl halides is 3. The molecule has 1 aliphatic carbocycles. The van der Waals surface area contributed by atoms with Gasteiger partial charge in [0.1, 0.15) is 5.82 Å². The van der Waals surface area contributed by atoms with Crippen LogP contribution in [-0.2, 0) is 25.6 Å². The summed E-state index contributed by atoms with van der Waals surface area (Å²) >= 11 is 11.5. The van der Waals surface area contributed by atoms with Gasteiger partial charge < -0.3 is 11.1 Å². The zero-order chi connectivity index (χ0) is 25.4. The third-order valence-corrected chi connectivity index (χ3v) is 6.44. The molecular formula is C27H28Cl2F4N2. The molecule has 188 valence electrons. The smallest absolute Gasteiger partial charge is 0.330 e. The zero-order valence-corrected chi connectivity index (χ0v) is 20.7. The Bertz CT molecular complexity index is 1100. The fourth-order valence-corrected chi connectivity index (χ4v) is 3.92. The number of benzene rings is 3. The highest BCUT2D eigenvalue weighted by Gasteiger charge is 2.34. The van der Waals surface area contributed by atoms with E-state index in [1.807, 2.05) is 12.1 Å². The third kappa shape index (κ3) is 8.80. The lowest BCUT2D eigenvalue weighted by atomic mass is 10.1. The monoisotopic (exact) mass is 526 g/mol. The number of hydrogen-bond acceptors (Lipinski definition) is 2. The Morgan fingerprint density at radius 3 is 2.06 bits per heavy atom. The molecule has 2 nitrogen and oxygen atoms in total. The minimum absolute atomic E-state index is 0.420. The Balaban J connectivity index is 0.000000261. The average molecular weight is 527 g/mol. The average Bonchev–Trinajstić information content (AvgIpc) is 3.66. The van der Waals surface area contributed by atoms with Crippen molar-refractivity contribution in [3.05, 3.63) is 104 Å². The SMILES string of the molecule is Fc1ccc(CCNCc2ccc(C3CC3)cc2)cc1C(F)(F)F.NCCc1ccc(Cl)c(Cl)c1. The molecule has 4 rings (SSSR count). The van der Waals surface area contributed by atoms with Crippen LogP contribution < -0.4 is 11.1 Å². The molecule has 0 saturated heterocycles. The van der Waals surface area contributed by atoms with E-state index >= 15 is 0 Å². The molecule has 3 N–H and O–H groups in total. The van der Waals surface area contributed by atoms with E-state index in [2.05, 4.69) is 29.6 Å². The summed E-state index contributed by atoms with van der Waals surface area (Å²) in [5.74, 6) is -0.497. The molecule has 35 heavy (non-hydrogen) atoms. The van der Waals surface area contributed by atoms with Crippen LogP contribution in [0, 0.1) is 5.82 Å². The summed E-state index contributed by atoms with van der Waals surface area (Å²) in [5, 5.41) is 4.40. The predicted molar refractivity (Wildman–Crippen MR) is 134 cm³/mol. The van der Waals surface area contributed by atoms with E-state index in [4.69, 9.17) is 28.9 Å². The summed E-state index contributed by atoms with van der Waals surface area (Å²) in [7, 11) is 0. The molecule has 3 aromatic carbocycles. The van der Waals surface area contributed by atoms with Crippen molar-refractivity contribution in [3.8, 4) is 0 Å². The van der Waals surface area contributed by atoms with Crippen molar-refractivity contribution in [2.75, 3.05) is 13.1 Å². The van der Waals surface area contributed by atoms with Crippen LogP contribution in [-0.4, -0.2) is 13.1 Å². The van der Waals surface area contributed by atoms with Crippen LogP contribution in [0.4, 0.5) is 17.6 Å². The van der Waals surface area contributed by atoms with Crippen LogP contribution in [0.5, 0.6) is 0 Å². The van der Waals surface area contributed by atoms with Crippen molar-refractivity contribution in [2.45, 2.75) is 44.3 Å². The van der Waals surface area contributed by atoms with Gasteiger partial charge in [0.2, 0.25) is 0 Å². The summed E-state index contributed by atoms with van der Waals surface area (Å²) in [6.07, 6.45) is -0.846. The molecule has 0 unspecified atom stereocenters. The second-order valence-corrected chi connectivity index (χ2v) is 9.36. The lowest BCUT2D eigenvalue weighted by Crippen LogP contribution is -2.17. The maximum Gasteiger partial charge on any atom is 0.419 e. The second-order valence-electron chi connectivity index (χ2n) is 8.54. The minimum atomic E-state index is -4.66. The molecule has 0 radical (unpaired) electrons. The van der Waals surface area contributed by atoms with Crippen LogP contribution in [0.15, 0.2) is 60.7 Å². The molecule has 0 atom stereocenters. The summed E-state index contributed by atoms with van der Waals surface area (Å²) in [4.78, 5) is 0. The van der Waals surface area contributed by atoms with Gasteiger partial charge in [0.05, 0.1) is 15.6 Å². The van der Waals surface area contributed by atoms with E-state index in [0.717, 1.165) is 35.6 Å². The summed E-state index contributed by atoms with van der Waals surface area (Å²) < 4.78 is 51.3. The van der Waals surface area contributed by atoms with Crippen molar-refractivity contribution in [1.82, 2.24) is 5.32 Å². The molecule has 8 heteroatoms. The van der Waals surface area contributed by atoms with Crippen LogP contribution in [0.3, 0.4) is 0 Å². The van der Waals surface area contributed by atoms with Crippen molar-refractivity contribution < 1.29 is 17.6 Å². The van der Waals surface area contributed by atoms with Gasteiger partial charge in [-0.15, -0.1) is 0 Å². The summed E-state index contributed by atoms with van der Waals surface area (Å²) in [6, 6.07) is 17.2. The molecule has 0 aromatic heterocycles. The molecule has 1 fully saturated rings. The van der Waals surface area contributed by atoms with Crippen molar-refractivity contribution in [3.63, 3.8) is 0 Å². The first kappa shape index (κ1) is 27.5. The van der Waals surface area contributed by atoms with Gasteiger partial charge in [-0.05, 0) is 91.2 Å². The van der Waals surface area contributed by atoms with Crippen molar-refractivity contribution in [1.29, 1.82) is 0 Å². The molecular weight excluding hydrogens is 499 g/mol. The van der Waals surface area contributed by atoms with Gasteiger partial charge in [-0.25, -0.2) is 4.39 Å². The van der Waals surface area contributed by atoms with Crippen LogP contribution in [0.25, 0.3) is 0 Å². The Morgan fingerprint density at radius 2 is 1.46 bits per heavy atom. The standard InChI is InChI=1S/C19H19F4N.C8H9Cl2N/c20-18-8-3-13(11-17(18)19(21,22)23)9-10-24-12-14-1-4-15(5-2-14)16-6-7-16;9-7-2-1-6(3-4-11)5-8(7)10/h1-5,8,11,16,24H,6-7,9-10,12H2;1-2,5H,3-4,11H2. The zero-order valence-electron chi connectivity index (χ0n) is 19.1. The van der Waals surface area contributed by atoms with Gasteiger partial charge in [0.25, 0.3) is 0 Å². The largest absolute Gasteiger partial charge is 0.419 e. The molecule has 1 saturated carbocycles.